The zero-order valence-corrected chi connectivity index (χ0v) is 11.4. The maximum atomic E-state index is 12.6. The number of H-pyrrole nitrogens is 1. The molecular weight excluding hydrogens is 294 g/mol. The molecule has 8 heteroatoms. The molecule has 0 atom stereocenters. The molecule has 0 spiro atoms. The Labute approximate surface area is 118 Å². The molecule has 0 aliphatic rings. The minimum absolute atomic E-state index is 0.102. The number of nitrogens with zero attached hydrogens (tertiary/aromatic N) is 2. The molecule has 2 heterocycles. The van der Waals surface area contributed by atoms with Crippen molar-refractivity contribution < 1.29 is 8.42 Å². The third-order valence-electron chi connectivity index (χ3n) is 2.92. The van der Waals surface area contributed by atoms with Crippen LogP contribution >= 0.6 is 0 Å². The summed E-state index contributed by atoms with van der Waals surface area (Å²) in [7, 11) is -4.14. The molecule has 0 unspecified atom stereocenters. The van der Waals surface area contributed by atoms with Crippen molar-refractivity contribution in [2.24, 2.45) is 0 Å². The van der Waals surface area contributed by atoms with Gasteiger partial charge in [-0.25, -0.2) is 13.2 Å². The highest BCUT2D eigenvalue weighted by Gasteiger charge is 2.21. The van der Waals surface area contributed by atoms with Gasteiger partial charge >= 0.3 is 5.69 Å². The number of hydrogen-bond donors (Lipinski definition) is 1. The van der Waals surface area contributed by atoms with Gasteiger partial charge in [-0.15, -0.1) is 0 Å². The number of fused-ring (bicyclic) bond motifs is 1. The number of benzene rings is 1. The summed E-state index contributed by atoms with van der Waals surface area (Å²) < 4.78 is 25.6. The molecule has 3 rings (SSSR count). The summed E-state index contributed by atoms with van der Waals surface area (Å²) in [6.07, 6.45) is 2.40. The van der Waals surface area contributed by atoms with Crippen LogP contribution in [0.15, 0.2) is 63.3 Å². The average Bonchev–Trinajstić information content (AvgIpc) is 2.46. The Bertz CT molecular complexity index is 1050. The van der Waals surface area contributed by atoms with Crippen molar-refractivity contribution >= 4 is 20.9 Å². The van der Waals surface area contributed by atoms with Gasteiger partial charge in [-0.2, -0.15) is 3.97 Å². The second-order valence-corrected chi connectivity index (χ2v) is 6.03. The highest BCUT2D eigenvalue weighted by molar-refractivity contribution is 7.90. The van der Waals surface area contributed by atoms with Crippen molar-refractivity contribution in [1.82, 2.24) is 13.9 Å². The lowest BCUT2D eigenvalue weighted by Gasteiger charge is -2.08. The van der Waals surface area contributed by atoms with Gasteiger partial charge in [0.2, 0.25) is 0 Å². The Morgan fingerprint density at radius 2 is 1.81 bits per heavy atom. The molecule has 0 amide bonds. The van der Waals surface area contributed by atoms with Crippen LogP contribution in [-0.2, 0) is 10.0 Å². The molecule has 2 aromatic heterocycles. The van der Waals surface area contributed by atoms with E-state index < -0.39 is 21.3 Å². The predicted molar refractivity (Wildman–Crippen MR) is 75.6 cm³/mol. The van der Waals surface area contributed by atoms with Crippen LogP contribution in [-0.4, -0.2) is 22.4 Å². The minimum Gasteiger partial charge on any atom is -0.273 e. The minimum atomic E-state index is -4.14. The van der Waals surface area contributed by atoms with E-state index in [1.165, 1.54) is 12.3 Å². The maximum absolute atomic E-state index is 12.6. The zero-order valence-electron chi connectivity index (χ0n) is 10.6. The fourth-order valence-electron chi connectivity index (χ4n) is 1.98. The lowest BCUT2D eigenvalue weighted by atomic mass is 10.2. The number of para-hydroxylation sites is 1. The van der Waals surface area contributed by atoms with Crippen molar-refractivity contribution in [3.05, 3.63) is 69.6 Å². The SMILES string of the molecule is O=c1ccn(S(=O)(=O)c2cccc3cccnc23)c(=O)[nH]1. The largest absolute Gasteiger partial charge is 0.342 e. The van der Waals surface area contributed by atoms with E-state index in [1.54, 1.807) is 24.3 Å². The Balaban J connectivity index is 2.36. The second-order valence-electron chi connectivity index (χ2n) is 4.24. The van der Waals surface area contributed by atoms with Gasteiger partial charge in [-0.3, -0.25) is 14.8 Å². The first-order valence-electron chi connectivity index (χ1n) is 5.91. The van der Waals surface area contributed by atoms with Crippen molar-refractivity contribution in [2.45, 2.75) is 4.90 Å². The molecule has 0 aliphatic heterocycles. The van der Waals surface area contributed by atoms with Crippen molar-refractivity contribution in [3.8, 4) is 0 Å². The highest BCUT2D eigenvalue weighted by Crippen LogP contribution is 2.21. The van der Waals surface area contributed by atoms with Crippen LogP contribution in [0, 0.1) is 0 Å². The summed E-state index contributed by atoms with van der Waals surface area (Å²) in [6.45, 7) is 0. The van der Waals surface area contributed by atoms with Crippen LogP contribution in [0.4, 0.5) is 0 Å². The zero-order chi connectivity index (χ0) is 15.0. The van der Waals surface area contributed by atoms with Crippen molar-refractivity contribution in [1.29, 1.82) is 0 Å². The van der Waals surface area contributed by atoms with E-state index >= 15 is 0 Å². The fourth-order valence-corrected chi connectivity index (χ4v) is 3.35. The summed E-state index contributed by atoms with van der Waals surface area (Å²) in [6, 6.07) is 9.02. The van der Waals surface area contributed by atoms with Gasteiger partial charge in [0.15, 0.2) is 0 Å². The van der Waals surface area contributed by atoms with Gasteiger partial charge in [-0.1, -0.05) is 18.2 Å². The summed E-state index contributed by atoms with van der Waals surface area (Å²) in [4.78, 5) is 28.6. The summed E-state index contributed by atoms with van der Waals surface area (Å²) in [5, 5.41) is 0.635. The van der Waals surface area contributed by atoms with Crippen LogP contribution < -0.4 is 11.2 Å². The lowest BCUT2D eigenvalue weighted by Crippen LogP contribution is -2.33. The summed E-state index contributed by atoms with van der Waals surface area (Å²) in [5.74, 6) is 0. The van der Waals surface area contributed by atoms with Gasteiger partial charge in [0, 0.05) is 23.8 Å². The van der Waals surface area contributed by atoms with Crippen LogP contribution in [0.5, 0.6) is 0 Å². The summed E-state index contributed by atoms with van der Waals surface area (Å²) >= 11 is 0. The monoisotopic (exact) mass is 303 g/mol. The molecule has 0 saturated heterocycles. The quantitative estimate of drug-likeness (QED) is 0.734. The molecule has 21 heavy (non-hydrogen) atoms. The molecular formula is C13H9N3O4S. The third-order valence-corrected chi connectivity index (χ3v) is 4.61. The predicted octanol–water partition coefficient (Wildman–Crippen LogP) is 0.322. The number of hydrogen-bond acceptors (Lipinski definition) is 5. The number of rotatable bonds is 2. The Hall–Kier alpha value is -2.74. The topological polar surface area (TPSA) is 102 Å². The number of pyridine rings is 1. The van der Waals surface area contributed by atoms with Gasteiger partial charge in [0.25, 0.3) is 15.6 Å². The first-order valence-corrected chi connectivity index (χ1v) is 7.35. The van der Waals surface area contributed by atoms with Crippen LogP contribution in [0.2, 0.25) is 0 Å². The van der Waals surface area contributed by atoms with E-state index in [1.807, 2.05) is 4.98 Å². The molecule has 1 aromatic carbocycles. The molecule has 0 saturated carbocycles. The fraction of sp³-hybridized carbons (Fsp3) is 0. The standard InChI is InChI=1S/C13H9N3O4S/c17-11-6-8-16(13(18)15-11)21(19,20)10-5-1-3-9-4-2-7-14-12(9)10/h1-8H,(H,15,17,18). The first kappa shape index (κ1) is 13.3. The van der Waals surface area contributed by atoms with Crippen LogP contribution in [0.1, 0.15) is 0 Å². The van der Waals surface area contributed by atoms with E-state index in [9.17, 15) is 18.0 Å². The van der Waals surface area contributed by atoms with Crippen molar-refractivity contribution in [3.63, 3.8) is 0 Å². The Kier molecular flexibility index (Phi) is 2.95. The lowest BCUT2D eigenvalue weighted by molar-refractivity contribution is 0.584. The van der Waals surface area contributed by atoms with E-state index in [0.29, 0.717) is 9.36 Å². The molecule has 7 nitrogen and oxygen atoms in total. The molecule has 0 fully saturated rings. The van der Waals surface area contributed by atoms with Crippen LogP contribution in [0.25, 0.3) is 10.9 Å². The average molecular weight is 303 g/mol. The highest BCUT2D eigenvalue weighted by atomic mass is 32.2. The molecule has 3 aromatic rings. The Morgan fingerprint density at radius 1 is 1.05 bits per heavy atom. The summed E-state index contributed by atoms with van der Waals surface area (Å²) in [5.41, 5.74) is -1.42. The van der Waals surface area contributed by atoms with E-state index in [-0.39, 0.29) is 10.4 Å². The third kappa shape index (κ3) is 2.15. The molecule has 1 N–H and O–H groups in total. The molecule has 0 radical (unpaired) electrons. The number of aromatic amines is 1. The second kappa shape index (κ2) is 4.67. The number of aromatic nitrogens is 3. The van der Waals surface area contributed by atoms with Gasteiger partial charge in [-0.05, 0) is 12.1 Å². The molecule has 106 valence electrons. The maximum Gasteiger partial charge on any atom is 0.342 e. The Morgan fingerprint density at radius 3 is 2.57 bits per heavy atom. The van der Waals surface area contributed by atoms with Gasteiger partial charge in [0.05, 0.1) is 5.52 Å². The molecule has 0 aliphatic carbocycles. The van der Waals surface area contributed by atoms with Crippen LogP contribution in [0.3, 0.4) is 0 Å². The van der Waals surface area contributed by atoms with Gasteiger partial charge in [0.1, 0.15) is 4.90 Å². The first-order chi connectivity index (χ1) is 10.00. The van der Waals surface area contributed by atoms with Crippen molar-refractivity contribution in [2.75, 3.05) is 0 Å². The van der Waals surface area contributed by atoms with E-state index in [2.05, 4.69) is 4.98 Å². The smallest absolute Gasteiger partial charge is 0.273 e. The molecule has 0 bridgehead atoms. The van der Waals surface area contributed by atoms with Gasteiger partial charge < -0.3 is 0 Å². The van der Waals surface area contributed by atoms with E-state index in [0.717, 1.165) is 12.3 Å². The van der Waals surface area contributed by atoms with E-state index in [4.69, 9.17) is 0 Å². The normalized spacial score (nSPS) is 11.6. The number of nitrogens with one attached hydrogen (secondary N) is 1.